The first-order valence-corrected chi connectivity index (χ1v) is 27.2. The second kappa shape index (κ2) is 36.7. The Kier molecular flexibility index (Phi) is 30.0. The molecule has 0 aliphatic heterocycles. The minimum atomic E-state index is -1.27. The van der Waals surface area contributed by atoms with Crippen LogP contribution < -0.4 is 61.4 Å². The summed E-state index contributed by atoms with van der Waals surface area (Å²) in [6.07, 6.45) is 5.66. The average Bonchev–Trinajstić information content (AvgIpc) is 1.70. The second-order valence-corrected chi connectivity index (χ2v) is 19.4. The molecule has 0 fully saturated rings. The largest absolute Gasteiger partial charge is 0.480 e. The molecule has 0 spiro atoms. The Morgan fingerprint density at radius 1 is 0.678 bits per heavy atom. The third-order valence-corrected chi connectivity index (χ3v) is 12.4. The average molecular weight is 1430 g/mol. The maximum absolute atomic E-state index is 12.8. The molecule has 6 aromatic rings. The van der Waals surface area contributed by atoms with Crippen molar-refractivity contribution in [2.75, 3.05) is 52.5 Å². The molecule has 1 aliphatic carbocycles. The number of esters is 1. The van der Waals surface area contributed by atoms with E-state index in [1.54, 1.807) is 22.6 Å². The van der Waals surface area contributed by atoms with E-state index < -0.39 is 95.5 Å². The minimum Gasteiger partial charge on any atom is -0.480 e. The lowest BCUT2D eigenvalue weighted by Gasteiger charge is -2.21. The predicted molar refractivity (Wildman–Crippen MR) is 328 cm³/mol. The van der Waals surface area contributed by atoms with E-state index in [1.807, 2.05) is 81.1 Å². The van der Waals surface area contributed by atoms with Crippen LogP contribution in [0, 0.1) is 30.8 Å². The van der Waals surface area contributed by atoms with Crippen LogP contribution in [0.3, 0.4) is 0 Å². The number of carbonyl (C=O) groups excluding carboxylic acids is 3. The molecule has 4 heterocycles. The number of carboxylic acid groups (broad SMARTS) is 3. The number of aliphatic carboxylic acids is 3. The molecule has 7 rings (SSSR count). The summed E-state index contributed by atoms with van der Waals surface area (Å²) in [6, 6.07) is 15.9. The van der Waals surface area contributed by atoms with Crippen molar-refractivity contribution in [3.63, 3.8) is 0 Å². The number of carbonyl (C=O) groups is 6. The van der Waals surface area contributed by atoms with Gasteiger partial charge >= 0.3 is 52.7 Å². The summed E-state index contributed by atoms with van der Waals surface area (Å²) in [6.45, 7) is 5.84. The summed E-state index contributed by atoms with van der Waals surface area (Å²) in [5.74, 6) is 5.37. The van der Waals surface area contributed by atoms with Gasteiger partial charge in [-0.05, 0) is 81.3 Å². The van der Waals surface area contributed by atoms with Gasteiger partial charge in [-0.15, -0.1) is 11.8 Å². The van der Waals surface area contributed by atoms with Crippen LogP contribution in [-0.2, 0) is 53.1 Å². The van der Waals surface area contributed by atoms with Crippen LogP contribution in [-0.4, -0.2) is 147 Å². The number of carboxylic acids is 3. The maximum atomic E-state index is 12.8. The van der Waals surface area contributed by atoms with E-state index in [4.69, 9.17) is 20.7 Å². The Balaban J connectivity index is 0.000000335. The number of aromatic amines is 5. The number of hydrogen-bond donors (Lipinski definition) is 11. The van der Waals surface area contributed by atoms with Crippen molar-refractivity contribution in [1.82, 2.24) is 54.2 Å². The molecule has 1 aliphatic rings. The van der Waals surface area contributed by atoms with Crippen LogP contribution in [0.15, 0.2) is 124 Å². The van der Waals surface area contributed by atoms with Crippen LogP contribution in [0.25, 0.3) is 11.1 Å². The van der Waals surface area contributed by atoms with Crippen molar-refractivity contribution in [2.24, 2.45) is 5.73 Å². The summed E-state index contributed by atoms with van der Waals surface area (Å²) in [5, 5.41) is 31.5. The molecular weight excluding hydrogens is 1370 g/mol. The highest BCUT2D eigenvalue weighted by Gasteiger charge is 2.29. The van der Waals surface area contributed by atoms with Crippen LogP contribution in [0.2, 0.25) is 0 Å². The highest BCUT2D eigenvalue weighted by Crippen LogP contribution is 2.44. The first-order chi connectivity index (χ1) is 41.3. The number of nitrogens with two attached hydrogens (primary N) is 1. The van der Waals surface area contributed by atoms with E-state index in [-0.39, 0.29) is 65.0 Å². The number of ether oxygens (including phenoxy) is 2. The fourth-order valence-corrected chi connectivity index (χ4v) is 7.89. The number of nitrogens with zero attached hydrogens (tertiary/aromatic N) is 4. The van der Waals surface area contributed by atoms with E-state index in [0.717, 1.165) is 53.2 Å². The first kappa shape index (κ1) is 71.3. The fourth-order valence-electron chi connectivity index (χ4n) is 7.12. The lowest BCUT2D eigenvalue weighted by atomic mass is 9.98. The van der Waals surface area contributed by atoms with Gasteiger partial charge in [-0.1, -0.05) is 73.0 Å². The standard InChI is InChI=1S/C28H26N4O7.C9H8N2O4.C7H14N2O2.C6H5IN2O4.C4H3IN2O2/c1-2-7-18-14-32(27(37)30-26(18)36)15-24(33)31(16-25(34)35)13-12-29-28(38)39-17-23-21-10-5-3-8-19(21)20-9-4-6-11-22(20)23;1-2-3-6-4-11(5-7(12)13)9(15)10-8(6)14;1-2-5-11-7(10)6-9-4-3-8;7-3-1-9(2-4(10)11)6(13)8-5(3)12;5-2-1-6-4(9)7-3(2)8/h3-6,8-11,14,23H,12-13,15-17H2,1H3,(H,29,38)(H,34,35)(H,30,36,37);4H,5H2,1H3,(H,12,13)(H,10,14,15);2,9H,1,3-6,8H2;1H,2H2,(H,10,11)(H,8,12,13);1H,(H2,6,7,8,9). The summed E-state index contributed by atoms with van der Waals surface area (Å²) >= 11 is 3.54. The van der Waals surface area contributed by atoms with Crippen molar-refractivity contribution in [3.05, 3.63) is 199 Å². The van der Waals surface area contributed by atoms with Gasteiger partial charge in [0.1, 0.15) is 50.5 Å². The number of halogens is 2. The number of nitrogens with one attached hydrogen (secondary N) is 7. The highest BCUT2D eigenvalue weighted by molar-refractivity contribution is 14.1. The van der Waals surface area contributed by atoms with E-state index in [2.05, 4.69) is 60.6 Å². The summed E-state index contributed by atoms with van der Waals surface area (Å²) in [5.41, 5.74) is 4.63. The Hall–Kier alpha value is -9.98. The quantitative estimate of drug-likeness (QED) is 0.0145. The topological polar surface area (TPSA) is 465 Å². The third kappa shape index (κ3) is 24.3. The third-order valence-electron chi connectivity index (χ3n) is 10.8. The van der Waals surface area contributed by atoms with E-state index in [0.29, 0.717) is 16.7 Å². The fraction of sp³-hybridized carbons (Fsp3) is 0.259. The summed E-state index contributed by atoms with van der Waals surface area (Å²) in [7, 11) is 0. The van der Waals surface area contributed by atoms with Gasteiger partial charge in [0.05, 0.1) is 13.7 Å². The molecular formula is C54H56I2N12O19. The summed E-state index contributed by atoms with van der Waals surface area (Å²) in [4.78, 5) is 168. The number of H-pyrrole nitrogens is 5. The van der Waals surface area contributed by atoms with Crippen molar-refractivity contribution >= 4 is 81.1 Å². The normalized spacial score (nSPS) is 10.4. The smallest absolute Gasteiger partial charge is 0.407 e. The minimum absolute atomic E-state index is 0.00777. The molecule has 2 amide bonds. The number of fused-ring (bicyclic) bond motifs is 3. The number of aromatic nitrogens is 8. The van der Waals surface area contributed by atoms with E-state index >= 15 is 0 Å². The number of alkyl carbamates (subject to hydrolysis) is 1. The van der Waals surface area contributed by atoms with Gasteiger partial charge in [0.25, 0.3) is 22.2 Å². The predicted octanol–water partition coefficient (Wildman–Crippen LogP) is -1.49. The Labute approximate surface area is 517 Å². The highest BCUT2D eigenvalue weighted by atomic mass is 127. The molecule has 460 valence electrons. The van der Waals surface area contributed by atoms with Crippen LogP contribution >= 0.6 is 45.2 Å². The molecule has 0 radical (unpaired) electrons. The SMILES string of the molecule is C=CCOC(=O)CNCCN.CC#Cc1cn(CC(=O)N(CCNC(=O)OCC2c3ccccc3-c3ccccc32)CC(=O)O)c(=O)[nH]c1=O.CC#Cc1cn(CC(=O)O)c(=O)[nH]c1=O.O=C(O)Cn1cc(I)c(=O)[nH]c1=O.O=c1[nH]cc(I)c(=O)[nH]1. The number of benzene rings is 2. The molecule has 31 nitrogen and oxygen atoms in total. The van der Waals surface area contributed by atoms with Crippen LogP contribution in [0.4, 0.5) is 4.79 Å². The summed E-state index contributed by atoms with van der Waals surface area (Å²) < 4.78 is 13.6. The number of amides is 2. The number of hydrogen-bond acceptors (Lipinski definition) is 18. The Morgan fingerprint density at radius 2 is 1.17 bits per heavy atom. The van der Waals surface area contributed by atoms with Gasteiger partial charge in [-0.25, -0.2) is 24.0 Å². The zero-order valence-electron chi connectivity index (χ0n) is 46.1. The Bertz CT molecular complexity index is 4050. The van der Waals surface area contributed by atoms with E-state index in [1.165, 1.54) is 32.3 Å². The maximum Gasteiger partial charge on any atom is 0.407 e. The van der Waals surface area contributed by atoms with Crippen LogP contribution in [0.1, 0.15) is 42.0 Å². The van der Waals surface area contributed by atoms with Gasteiger partial charge in [0.15, 0.2) is 0 Å². The molecule has 87 heavy (non-hydrogen) atoms. The number of rotatable bonds is 19. The molecule has 0 saturated carbocycles. The molecule has 12 N–H and O–H groups in total. The van der Waals surface area contributed by atoms with E-state index in [9.17, 15) is 72.2 Å². The monoisotopic (exact) mass is 1430 g/mol. The molecule has 0 saturated heterocycles. The lowest BCUT2D eigenvalue weighted by molar-refractivity contribution is -0.144. The van der Waals surface area contributed by atoms with Gasteiger partial charge in [0.2, 0.25) is 5.91 Å². The van der Waals surface area contributed by atoms with Gasteiger partial charge in [0, 0.05) is 56.9 Å². The van der Waals surface area contributed by atoms with Gasteiger partial charge < -0.3 is 51.0 Å². The van der Waals surface area contributed by atoms with Crippen molar-refractivity contribution in [2.45, 2.75) is 39.4 Å². The molecule has 0 unspecified atom stereocenters. The zero-order chi connectivity index (χ0) is 64.8. The zero-order valence-corrected chi connectivity index (χ0v) is 50.4. The first-order valence-electron chi connectivity index (χ1n) is 25.0. The molecule has 4 aromatic heterocycles. The second-order valence-electron chi connectivity index (χ2n) is 17.1. The Morgan fingerprint density at radius 3 is 1.64 bits per heavy atom. The lowest BCUT2D eigenvalue weighted by Crippen LogP contribution is -2.44. The molecule has 0 atom stereocenters. The van der Waals surface area contributed by atoms with Crippen molar-refractivity contribution < 1.29 is 53.6 Å². The van der Waals surface area contributed by atoms with Crippen molar-refractivity contribution in [3.8, 4) is 34.8 Å². The molecule has 2 aromatic carbocycles. The van der Waals surface area contributed by atoms with Crippen molar-refractivity contribution in [1.29, 1.82) is 0 Å². The molecule has 0 bridgehead atoms. The van der Waals surface area contributed by atoms with Crippen LogP contribution in [0.5, 0.6) is 0 Å². The molecule has 33 heteroatoms. The van der Waals surface area contributed by atoms with Gasteiger partial charge in [-0.3, -0.25) is 76.8 Å². The van der Waals surface area contributed by atoms with Gasteiger partial charge in [-0.2, -0.15) is 0 Å².